The number of amidine groups is 1. The third kappa shape index (κ3) is 4.04. The first kappa shape index (κ1) is 16.0. The largest absolute Gasteiger partial charge is 0.383 e. The fraction of sp³-hybridized carbons (Fsp3) is 0.733. The summed E-state index contributed by atoms with van der Waals surface area (Å²) < 4.78 is 12.6. The summed E-state index contributed by atoms with van der Waals surface area (Å²) in [6.45, 7) is 7.22. The van der Waals surface area contributed by atoms with E-state index in [1.165, 1.54) is 0 Å². The molecule has 0 atom stereocenters. The van der Waals surface area contributed by atoms with Crippen molar-refractivity contribution in [1.29, 1.82) is 0 Å². The van der Waals surface area contributed by atoms with Crippen molar-refractivity contribution in [1.82, 2.24) is 14.7 Å². The van der Waals surface area contributed by atoms with Crippen LogP contribution in [-0.4, -0.2) is 61.0 Å². The van der Waals surface area contributed by atoms with Crippen molar-refractivity contribution in [2.24, 2.45) is 4.99 Å². The number of hydrogen-bond acceptors (Lipinski definition) is 4. The van der Waals surface area contributed by atoms with Crippen molar-refractivity contribution in [3.63, 3.8) is 0 Å². The van der Waals surface area contributed by atoms with Crippen molar-refractivity contribution in [3.05, 3.63) is 11.8 Å². The molecule has 1 aromatic heterocycles. The van der Waals surface area contributed by atoms with Crippen molar-refractivity contribution in [2.45, 2.75) is 32.7 Å². The van der Waals surface area contributed by atoms with Crippen LogP contribution in [0.2, 0.25) is 0 Å². The SMILES string of the molecule is COCCN(C)C(C)=Nc1c(C)cnn1C1CCOCC1. The molecule has 1 aliphatic heterocycles. The van der Waals surface area contributed by atoms with Gasteiger partial charge in [-0.25, -0.2) is 9.67 Å². The Bertz CT molecular complexity index is 478. The molecule has 0 N–H and O–H groups in total. The van der Waals surface area contributed by atoms with E-state index in [1.807, 2.05) is 20.2 Å². The molecule has 0 aromatic carbocycles. The summed E-state index contributed by atoms with van der Waals surface area (Å²) in [4.78, 5) is 6.89. The van der Waals surface area contributed by atoms with E-state index >= 15 is 0 Å². The van der Waals surface area contributed by atoms with Crippen LogP contribution in [0, 0.1) is 6.92 Å². The first-order chi connectivity index (χ1) is 10.1. The van der Waals surface area contributed by atoms with Gasteiger partial charge in [-0.2, -0.15) is 5.10 Å². The quantitative estimate of drug-likeness (QED) is 0.617. The second kappa shape index (κ2) is 7.56. The zero-order valence-electron chi connectivity index (χ0n) is 13.5. The van der Waals surface area contributed by atoms with E-state index < -0.39 is 0 Å². The fourth-order valence-electron chi connectivity index (χ4n) is 2.41. The van der Waals surface area contributed by atoms with Gasteiger partial charge in [0.05, 0.1) is 18.8 Å². The van der Waals surface area contributed by atoms with Gasteiger partial charge >= 0.3 is 0 Å². The van der Waals surface area contributed by atoms with Crippen LogP contribution in [0.3, 0.4) is 0 Å². The Morgan fingerprint density at radius 2 is 2.24 bits per heavy atom. The number of hydrogen-bond donors (Lipinski definition) is 0. The van der Waals surface area contributed by atoms with E-state index in [2.05, 4.69) is 21.6 Å². The first-order valence-corrected chi connectivity index (χ1v) is 7.50. The van der Waals surface area contributed by atoms with Gasteiger partial charge in [-0.15, -0.1) is 0 Å². The third-order valence-corrected chi connectivity index (χ3v) is 3.93. The van der Waals surface area contributed by atoms with Crippen molar-refractivity contribution in [3.8, 4) is 0 Å². The number of rotatable bonds is 5. The number of aliphatic imine (C=N–C) groups is 1. The summed E-state index contributed by atoms with van der Waals surface area (Å²) in [6, 6.07) is 0.392. The smallest absolute Gasteiger partial charge is 0.155 e. The zero-order chi connectivity index (χ0) is 15.2. The lowest BCUT2D eigenvalue weighted by Crippen LogP contribution is -2.28. The molecule has 0 bridgehead atoms. The van der Waals surface area contributed by atoms with Crippen LogP contribution in [0.5, 0.6) is 0 Å². The van der Waals surface area contributed by atoms with Crippen LogP contribution < -0.4 is 0 Å². The van der Waals surface area contributed by atoms with E-state index in [1.54, 1.807) is 7.11 Å². The summed E-state index contributed by atoms with van der Waals surface area (Å²) in [5, 5.41) is 4.52. The third-order valence-electron chi connectivity index (χ3n) is 3.93. The van der Waals surface area contributed by atoms with Gasteiger partial charge in [0.1, 0.15) is 5.84 Å². The first-order valence-electron chi connectivity index (χ1n) is 7.50. The van der Waals surface area contributed by atoms with E-state index in [4.69, 9.17) is 14.5 Å². The second-order valence-corrected chi connectivity index (χ2v) is 5.51. The molecule has 0 saturated carbocycles. The Labute approximate surface area is 126 Å². The summed E-state index contributed by atoms with van der Waals surface area (Å²) in [6.07, 6.45) is 3.90. The van der Waals surface area contributed by atoms with Crippen LogP contribution in [0.1, 0.15) is 31.4 Å². The lowest BCUT2D eigenvalue weighted by atomic mass is 10.1. The van der Waals surface area contributed by atoms with Crippen molar-refractivity contribution < 1.29 is 9.47 Å². The average molecular weight is 294 g/mol. The molecule has 0 amide bonds. The molecule has 1 saturated heterocycles. The van der Waals surface area contributed by atoms with E-state index in [-0.39, 0.29) is 0 Å². The molecule has 6 heteroatoms. The highest BCUT2D eigenvalue weighted by Crippen LogP contribution is 2.28. The highest BCUT2D eigenvalue weighted by atomic mass is 16.5. The van der Waals surface area contributed by atoms with Crippen LogP contribution in [0.15, 0.2) is 11.2 Å². The highest BCUT2D eigenvalue weighted by Gasteiger charge is 2.20. The number of nitrogens with zero attached hydrogens (tertiary/aromatic N) is 4. The molecule has 1 aliphatic rings. The molecule has 6 nitrogen and oxygen atoms in total. The fourth-order valence-corrected chi connectivity index (χ4v) is 2.41. The standard InChI is InChI=1S/C15H26N4O2/c1-12-11-16-19(14-5-8-21-9-6-14)15(12)17-13(2)18(3)7-10-20-4/h11,14H,5-10H2,1-4H3. The lowest BCUT2D eigenvalue weighted by molar-refractivity contribution is 0.0667. The monoisotopic (exact) mass is 294 g/mol. The van der Waals surface area contributed by atoms with E-state index in [0.717, 1.165) is 49.8 Å². The second-order valence-electron chi connectivity index (χ2n) is 5.51. The molecule has 21 heavy (non-hydrogen) atoms. The highest BCUT2D eigenvalue weighted by molar-refractivity contribution is 5.82. The Hall–Kier alpha value is -1.40. The Morgan fingerprint density at radius 3 is 2.90 bits per heavy atom. The number of aryl methyl sites for hydroxylation is 1. The molecule has 1 aromatic rings. The minimum Gasteiger partial charge on any atom is -0.383 e. The van der Waals surface area contributed by atoms with Gasteiger partial charge in [-0.3, -0.25) is 0 Å². The Balaban J connectivity index is 2.16. The number of ether oxygens (including phenoxy) is 2. The minimum absolute atomic E-state index is 0.392. The van der Waals surface area contributed by atoms with Crippen LogP contribution in [0.4, 0.5) is 5.82 Å². The number of likely N-dealkylation sites (N-methyl/N-ethyl adjacent to an activating group) is 1. The van der Waals surface area contributed by atoms with Crippen LogP contribution in [0.25, 0.3) is 0 Å². The Morgan fingerprint density at radius 1 is 1.52 bits per heavy atom. The number of aromatic nitrogens is 2. The molecular formula is C15H26N4O2. The maximum atomic E-state index is 5.43. The maximum absolute atomic E-state index is 5.43. The van der Waals surface area contributed by atoms with Gasteiger partial charge in [0, 0.05) is 39.5 Å². The van der Waals surface area contributed by atoms with Crippen molar-refractivity contribution in [2.75, 3.05) is 40.5 Å². The van der Waals surface area contributed by atoms with Gasteiger partial charge in [0.25, 0.3) is 0 Å². The molecule has 0 aliphatic carbocycles. The van der Waals surface area contributed by atoms with Crippen molar-refractivity contribution >= 4 is 11.7 Å². The predicted octanol–water partition coefficient (Wildman–Crippen LogP) is 2.17. The molecule has 0 spiro atoms. The van der Waals surface area contributed by atoms with Gasteiger partial charge in [0.2, 0.25) is 0 Å². The molecule has 2 heterocycles. The Kier molecular flexibility index (Phi) is 5.76. The van der Waals surface area contributed by atoms with Gasteiger partial charge in [-0.1, -0.05) is 0 Å². The molecular weight excluding hydrogens is 268 g/mol. The molecule has 0 radical (unpaired) electrons. The molecule has 1 fully saturated rings. The maximum Gasteiger partial charge on any atom is 0.155 e. The predicted molar refractivity (Wildman–Crippen MR) is 83.3 cm³/mol. The van der Waals surface area contributed by atoms with Gasteiger partial charge in [0.15, 0.2) is 5.82 Å². The number of methoxy groups -OCH3 is 1. The molecule has 2 rings (SSSR count). The average Bonchev–Trinajstić information content (AvgIpc) is 2.86. The van der Waals surface area contributed by atoms with E-state index in [0.29, 0.717) is 12.6 Å². The van der Waals surface area contributed by atoms with Crippen LogP contribution >= 0.6 is 0 Å². The summed E-state index contributed by atoms with van der Waals surface area (Å²) in [5.74, 6) is 1.94. The zero-order valence-corrected chi connectivity index (χ0v) is 13.5. The van der Waals surface area contributed by atoms with E-state index in [9.17, 15) is 0 Å². The van der Waals surface area contributed by atoms with Crippen LogP contribution in [-0.2, 0) is 9.47 Å². The summed E-state index contributed by atoms with van der Waals surface area (Å²) in [5.41, 5.74) is 1.11. The normalized spacial score (nSPS) is 17.2. The lowest BCUT2D eigenvalue weighted by Gasteiger charge is -2.24. The molecule has 0 unspecified atom stereocenters. The minimum atomic E-state index is 0.392. The topological polar surface area (TPSA) is 51.9 Å². The molecule has 118 valence electrons. The van der Waals surface area contributed by atoms with Gasteiger partial charge < -0.3 is 14.4 Å². The van der Waals surface area contributed by atoms with Gasteiger partial charge in [-0.05, 0) is 26.7 Å². The summed E-state index contributed by atoms with van der Waals surface area (Å²) >= 11 is 0. The summed E-state index contributed by atoms with van der Waals surface area (Å²) in [7, 11) is 3.74.